The number of rotatable bonds is 9. The van der Waals surface area contributed by atoms with Crippen LogP contribution < -0.4 is 10.6 Å². The van der Waals surface area contributed by atoms with Gasteiger partial charge in [-0.25, -0.2) is 0 Å². The molecule has 6 heteroatoms. The first kappa shape index (κ1) is 26.1. The molecule has 0 aromatic heterocycles. The van der Waals surface area contributed by atoms with Crippen LogP contribution in [-0.4, -0.2) is 41.8 Å². The predicted octanol–water partition coefficient (Wildman–Crippen LogP) is 4.85. The van der Waals surface area contributed by atoms with Gasteiger partial charge in [-0.3, -0.25) is 14.4 Å². The zero-order valence-corrected chi connectivity index (χ0v) is 21.3. The van der Waals surface area contributed by atoms with Crippen molar-refractivity contribution in [2.45, 2.75) is 50.6 Å². The molecular weight excluding hydrogens is 462 g/mol. The second-order valence-electron chi connectivity index (χ2n) is 9.55. The van der Waals surface area contributed by atoms with Crippen LogP contribution >= 0.6 is 0 Å². The van der Waals surface area contributed by atoms with Gasteiger partial charge in [0.2, 0.25) is 11.8 Å². The van der Waals surface area contributed by atoms with Gasteiger partial charge in [0.05, 0.1) is 18.4 Å². The lowest BCUT2D eigenvalue weighted by atomic mass is 9.93. The monoisotopic (exact) mass is 497 g/mol. The number of piperidine rings is 1. The molecule has 1 saturated heterocycles. The van der Waals surface area contributed by atoms with E-state index in [2.05, 4.69) is 10.6 Å². The van der Waals surface area contributed by atoms with Crippen LogP contribution in [0.5, 0.6) is 0 Å². The maximum Gasteiger partial charge on any atom is 0.251 e. The van der Waals surface area contributed by atoms with Crippen LogP contribution in [0.4, 0.5) is 0 Å². The number of likely N-dealkylation sites (tertiary alicyclic amines) is 1. The molecule has 1 fully saturated rings. The van der Waals surface area contributed by atoms with Gasteiger partial charge in [-0.2, -0.15) is 0 Å². The zero-order valence-electron chi connectivity index (χ0n) is 21.3. The Morgan fingerprint density at radius 3 is 1.92 bits per heavy atom. The molecule has 2 unspecified atom stereocenters. The van der Waals surface area contributed by atoms with Crippen LogP contribution in [0.25, 0.3) is 0 Å². The van der Waals surface area contributed by atoms with Crippen molar-refractivity contribution < 1.29 is 14.4 Å². The molecule has 3 aromatic rings. The second-order valence-corrected chi connectivity index (χ2v) is 9.55. The van der Waals surface area contributed by atoms with Crippen molar-refractivity contribution in [3.63, 3.8) is 0 Å². The maximum absolute atomic E-state index is 13.2. The molecule has 0 bridgehead atoms. The molecule has 3 aromatic carbocycles. The Kier molecular flexibility index (Phi) is 9.08. The van der Waals surface area contributed by atoms with Crippen molar-refractivity contribution in [2.75, 3.05) is 13.1 Å². The lowest BCUT2D eigenvalue weighted by Gasteiger charge is -2.34. The number of carbonyl (C=O) groups excluding carboxylic acids is 3. The van der Waals surface area contributed by atoms with Crippen molar-refractivity contribution in [1.82, 2.24) is 15.5 Å². The summed E-state index contributed by atoms with van der Waals surface area (Å²) < 4.78 is 0. The van der Waals surface area contributed by atoms with E-state index >= 15 is 0 Å². The average Bonchev–Trinajstić information content (AvgIpc) is 2.95. The smallest absolute Gasteiger partial charge is 0.251 e. The van der Waals surface area contributed by atoms with Gasteiger partial charge in [0.25, 0.3) is 5.91 Å². The first-order valence-corrected chi connectivity index (χ1v) is 13.1. The summed E-state index contributed by atoms with van der Waals surface area (Å²) in [6.45, 7) is 3.29. The lowest BCUT2D eigenvalue weighted by molar-refractivity contribution is -0.134. The van der Waals surface area contributed by atoms with Crippen molar-refractivity contribution in [1.29, 1.82) is 0 Å². The van der Waals surface area contributed by atoms with Crippen LogP contribution in [0, 0.1) is 0 Å². The van der Waals surface area contributed by atoms with Crippen molar-refractivity contribution in [2.24, 2.45) is 0 Å². The molecule has 0 radical (unpaired) electrons. The van der Waals surface area contributed by atoms with Gasteiger partial charge >= 0.3 is 0 Å². The standard InChI is InChI=1S/C31H35N3O3/c1-2-27(23-12-6-3-7-13-23)31(37)34-20-18-26(19-21-34)32-29(35)22-28(24-14-8-4-9-15-24)33-30(36)25-16-10-5-11-17-25/h3-17,26-28H,2,18-22H2,1H3,(H,32,35)(H,33,36). The minimum absolute atomic E-state index is 0.00889. The SMILES string of the molecule is CCC(C(=O)N1CCC(NC(=O)CC(NC(=O)c2ccccc2)c2ccccc2)CC1)c1ccccc1. The van der Waals surface area contributed by atoms with E-state index in [4.69, 9.17) is 0 Å². The van der Waals surface area contributed by atoms with E-state index in [-0.39, 0.29) is 36.1 Å². The maximum atomic E-state index is 13.2. The topological polar surface area (TPSA) is 78.5 Å². The summed E-state index contributed by atoms with van der Waals surface area (Å²) >= 11 is 0. The molecule has 1 heterocycles. The van der Waals surface area contributed by atoms with Crippen LogP contribution in [-0.2, 0) is 9.59 Å². The largest absolute Gasteiger partial charge is 0.353 e. The molecule has 0 aliphatic carbocycles. The normalized spacial score (nSPS) is 15.4. The van der Waals surface area contributed by atoms with Crippen molar-refractivity contribution in [3.05, 3.63) is 108 Å². The van der Waals surface area contributed by atoms with E-state index in [0.29, 0.717) is 18.7 Å². The Labute approximate surface area is 219 Å². The second kappa shape index (κ2) is 12.9. The van der Waals surface area contributed by atoms with E-state index in [0.717, 1.165) is 30.4 Å². The number of benzene rings is 3. The third kappa shape index (κ3) is 7.06. The summed E-state index contributed by atoms with van der Waals surface area (Å²) in [5.41, 5.74) is 2.49. The summed E-state index contributed by atoms with van der Waals surface area (Å²) in [6, 6.07) is 28.1. The molecule has 0 saturated carbocycles. The molecule has 37 heavy (non-hydrogen) atoms. The highest BCUT2D eigenvalue weighted by molar-refractivity contribution is 5.94. The minimum atomic E-state index is -0.438. The fraction of sp³-hybridized carbons (Fsp3) is 0.323. The first-order valence-electron chi connectivity index (χ1n) is 13.1. The summed E-state index contributed by atoms with van der Waals surface area (Å²) in [5.74, 6) is -0.292. The van der Waals surface area contributed by atoms with Gasteiger partial charge in [-0.1, -0.05) is 85.8 Å². The lowest BCUT2D eigenvalue weighted by Crippen LogP contribution is -2.48. The summed E-state index contributed by atoms with van der Waals surface area (Å²) in [6.07, 6.45) is 2.34. The third-order valence-electron chi connectivity index (χ3n) is 7.01. The van der Waals surface area contributed by atoms with E-state index < -0.39 is 6.04 Å². The third-order valence-corrected chi connectivity index (χ3v) is 7.01. The molecule has 4 rings (SSSR count). The highest BCUT2D eigenvalue weighted by Crippen LogP contribution is 2.24. The van der Waals surface area contributed by atoms with Crippen LogP contribution in [0.1, 0.15) is 66.1 Å². The number of hydrogen-bond acceptors (Lipinski definition) is 3. The van der Waals surface area contributed by atoms with Gasteiger partial charge in [-0.05, 0) is 42.5 Å². The van der Waals surface area contributed by atoms with Gasteiger partial charge in [0, 0.05) is 24.7 Å². The summed E-state index contributed by atoms with van der Waals surface area (Å²) in [7, 11) is 0. The molecule has 2 atom stereocenters. The molecule has 3 amide bonds. The highest BCUT2D eigenvalue weighted by atomic mass is 16.2. The van der Waals surface area contributed by atoms with E-state index in [9.17, 15) is 14.4 Å². The number of nitrogens with one attached hydrogen (secondary N) is 2. The molecule has 1 aliphatic heterocycles. The van der Waals surface area contributed by atoms with Crippen molar-refractivity contribution in [3.8, 4) is 0 Å². The van der Waals surface area contributed by atoms with Crippen LogP contribution in [0.3, 0.4) is 0 Å². The van der Waals surface area contributed by atoms with Crippen LogP contribution in [0.15, 0.2) is 91.0 Å². The van der Waals surface area contributed by atoms with Crippen molar-refractivity contribution >= 4 is 17.7 Å². The van der Waals surface area contributed by atoms with Gasteiger partial charge in [0.1, 0.15) is 0 Å². The Bertz CT molecular complexity index is 1160. The summed E-state index contributed by atoms with van der Waals surface area (Å²) in [5, 5.41) is 6.16. The van der Waals surface area contributed by atoms with Gasteiger partial charge < -0.3 is 15.5 Å². The van der Waals surface area contributed by atoms with Gasteiger partial charge in [-0.15, -0.1) is 0 Å². The van der Waals surface area contributed by atoms with E-state index in [1.54, 1.807) is 12.1 Å². The Morgan fingerprint density at radius 1 is 0.811 bits per heavy atom. The predicted molar refractivity (Wildman–Crippen MR) is 145 cm³/mol. The fourth-order valence-corrected chi connectivity index (χ4v) is 4.94. The molecular formula is C31H35N3O3. The summed E-state index contributed by atoms with van der Waals surface area (Å²) in [4.78, 5) is 40.9. The van der Waals surface area contributed by atoms with Gasteiger partial charge in [0.15, 0.2) is 0 Å². The minimum Gasteiger partial charge on any atom is -0.353 e. The molecule has 0 spiro atoms. The average molecular weight is 498 g/mol. The fourth-order valence-electron chi connectivity index (χ4n) is 4.94. The molecule has 6 nitrogen and oxygen atoms in total. The Balaban J connectivity index is 1.32. The van der Waals surface area contributed by atoms with E-state index in [1.807, 2.05) is 90.7 Å². The number of hydrogen-bond donors (Lipinski definition) is 2. The first-order chi connectivity index (χ1) is 18.0. The number of amides is 3. The number of nitrogens with zero attached hydrogens (tertiary/aromatic N) is 1. The molecule has 192 valence electrons. The quantitative estimate of drug-likeness (QED) is 0.444. The number of carbonyl (C=O) groups is 3. The Morgan fingerprint density at radius 2 is 1.35 bits per heavy atom. The zero-order chi connectivity index (χ0) is 26.0. The van der Waals surface area contributed by atoms with E-state index in [1.165, 1.54) is 0 Å². The molecule has 2 N–H and O–H groups in total. The highest BCUT2D eigenvalue weighted by Gasteiger charge is 2.29. The Hall–Kier alpha value is -3.93. The van der Waals surface area contributed by atoms with Crippen LogP contribution in [0.2, 0.25) is 0 Å². The molecule has 1 aliphatic rings.